The zero-order valence-corrected chi connectivity index (χ0v) is 9.05. The average molecular weight is 246 g/mol. The monoisotopic (exact) mass is 246 g/mol. The van der Waals surface area contributed by atoms with Crippen molar-refractivity contribution in [1.29, 1.82) is 5.41 Å². The highest BCUT2D eigenvalue weighted by molar-refractivity contribution is 5.78. The lowest BCUT2D eigenvalue weighted by Gasteiger charge is -2.08. The molecule has 0 unspecified atom stereocenters. The van der Waals surface area contributed by atoms with Crippen LogP contribution in [0.1, 0.15) is 11.1 Å². The summed E-state index contributed by atoms with van der Waals surface area (Å²) in [7, 11) is 0. The fourth-order valence-electron chi connectivity index (χ4n) is 1.28. The summed E-state index contributed by atoms with van der Waals surface area (Å²) in [6, 6.07) is 5.09. The van der Waals surface area contributed by atoms with Crippen molar-refractivity contribution in [3.63, 3.8) is 0 Å². The van der Waals surface area contributed by atoms with Crippen molar-refractivity contribution in [2.24, 2.45) is 5.73 Å². The lowest BCUT2D eigenvalue weighted by Crippen LogP contribution is -2.18. The summed E-state index contributed by atoms with van der Waals surface area (Å²) in [5, 5.41) is 6.90. The predicted molar refractivity (Wildman–Crippen MR) is 57.9 cm³/mol. The van der Waals surface area contributed by atoms with E-state index < -0.39 is 11.7 Å². The Balaban J connectivity index is 2.52. The normalized spacial score (nSPS) is 11.5. The quantitative estimate of drug-likeness (QED) is 0.475. The second kappa shape index (κ2) is 5.67. The molecule has 6 heteroatoms. The maximum Gasteiger partial charge on any atom is 0.416 e. The summed E-state index contributed by atoms with van der Waals surface area (Å²) in [4.78, 5) is 0. The van der Waals surface area contributed by atoms with E-state index in [-0.39, 0.29) is 19.0 Å². The Hall–Kier alpha value is -1.56. The minimum atomic E-state index is -4.32. The highest BCUT2D eigenvalue weighted by Gasteiger charge is 2.30. The summed E-state index contributed by atoms with van der Waals surface area (Å²) < 4.78 is 42.2. The standard InChI is InChI=1S/C11H13F3N2O/c12-11(13,14)9-3-1-2-8(6-9)4-5-17-7-10(15)16/h1-3,6H,4-5,7H2,(H3,15,16). The Morgan fingerprint density at radius 2 is 2.06 bits per heavy atom. The first-order valence-electron chi connectivity index (χ1n) is 4.96. The van der Waals surface area contributed by atoms with Crippen LogP contribution in [0.2, 0.25) is 0 Å². The minimum absolute atomic E-state index is 0.00103. The third kappa shape index (κ3) is 4.86. The molecule has 0 bridgehead atoms. The van der Waals surface area contributed by atoms with Gasteiger partial charge in [0.25, 0.3) is 0 Å². The van der Waals surface area contributed by atoms with Gasteiger partial charge in [0.15, 0.2) is 0 Å². The number of rotatable bonds is 5. The second-order valence-electron chi connectivity index (χ2n) is 3.53. The van der Waals surface area contributed by atoms with Crippen molar-refractivity contribution < 1.29 is 17.9 Å². The fourth-order valence-corrected chi connectivity index (χ4v) is 1.28. The first kappa shape index (κ1) is 13.5. The van der Waals surface area contributed by atoms with Crippen molar-refractivity contribution in [2.75, 3.05) is 13.2 Å². The number of halogens is 3. The van der Waals surface area contributed by atoms with Gasteiger partial charge in [-0.15, -0.1) is 0 Å². The van der Waals surface area contributed by atoms with Crippen molar-refractivity contribution in [2.45, 2.75) is 12.6 Å². The molecule has 0 aliphatic carbocycles. The van der Waals surface area contributed by atoms with Gasteiger partial charge in [-0.25, -0.2) is 0 Å². The van der Waals surface area contributed by atoms with Gasteiger partial charge in [-0.3, -0.25) is 5.41 Å². The molecule has 0 saturated carbocycles. The summed E-state index contributed by atoms with van der Waals surface area (Å²) in [6.07, 6.45) is -3.96. The van der Waals surface area contributed by atoms with Gasteiger partial charge < -0.3 is 10.5 Å². The number of nitrogens with two attached hydrogens (primary N) is 1. The number of hydrogen-bond donors (Lipinski definition) is 2. The van der Waals surface area contributed by atoms with Crippen LogP contribution in [-0.2, 0) is 17.3 Å². The van der Waals surface area contributed by atoms with E-state index >= 15 is 0 Å². The third-order valence-electron chi connectivity index (χ3n) is 2.05. The van der Waals surface area contributed by atoms with Gasteiger partial charge in [0.2, 0.25) is 0 Å². The van der Waals surface area contributed by atoms with Crippen LogP contribution in [-0.4, -0.2) is 19.0 Å². The molecule has 3 N–H and O–H groups in total. The van der Waals surface area contributed by atoms with E-state index in [1.165, 1.54) is 6.07 Å². The van der Waals surface area contributed by atoms with E-state index in [0.717, 1.165) is 12.1 Å². The first-order chi connectivity index (χ1) is 7.89. The van der Waals surface area contributed by atoms with Crippen molar-refractivity contribution in [1.82, 2.24) is 0 Å². The molecule has 0 aliphatic heterocycles. The number of benzene rings is 1. The molecule has 0 atom stereocenters. The van der Waals surface area contributed by atoms with Crippen LogP contribution in [0.15, 0.2) is 24.3 Å². The van der Waals surface area contributed by atoms with Gasteiger partial charge in [0.1, 0.15) is 12.4 Å². The van der Waals surface area contributed by atoms with E-state index in [2.05, 4.69) is 0 Å². The number of hydrogen-bond acceptors (Lipinski definition) is 2. The van der Waals surface area contributed by atoms with E-state index in [0.29, 0.717) is 12.0 Å². The van der Waals surface area contributed by atoms with Crippen LogP contribution >= 0.6 is 0 Å². The Labute approximate surface area is 96.9 Å². The fraction of sp³-hybridized carbons (Fsp3) is 0.364. The molecule has 1 rings (SSSR count). The maximum absolute atomic E-state index is 12.4. The highest BCUT2D eigenvalue weighted by Crippen LogP contribution is 2.29. The van der Waals surface area contributed by atoms with Crippen LogP contribution in [0.3, 0.4) is 0 Å². The molecule has 0 fully saturated rings. The van der Waals surface area contributed by atoms with Crippen LogP contribution in [0.5, 0.6) is 0 Å². The van der Waals surface area contributed by atoms with E-state index in [1.54, 1.807) is 6.07 Å². The van der Waals surface area contributed by atoms with Crippen molar-refractivity contribution in [3.05, 3.63) is 35.4 Å². The van der Waals surface area contributed by atoms with Crippen LogP contribution in [0.4, 0.5) is 13.2 Å². The number of ether oxygens (including phenoxy) is 1. The van der Waals surface area contributed by atoms with Crippen molar-refractivity contribution >= 4 is 5.84 Å². The molecule has 0 radical (unpaired) electrons. The molecule has 0 aromatic heterocycles. The smallest absolute Gasteiger partial charge is 0.386 e. The SMILES string of the molecule is N=C(N)COCCc1cccc(C(F)(F)F)c1. The van der Waals surface area contributed by atoms with Gasteiger partial charge in [-0.2, -0.15) is 13.2 Å². The molecule has 94 valence electrons. The van der Waals surface area contributed by atoms with Crippen molar-refractivity contribution in [3.8, 4) is 0 Å². The summed E-state index contributed by atoms with van der Waals surface area (Å²) in [5.41, 5.74) is 4.94. The maximum atomic E-state index is 12.4. The van der Waals surface area contributed by atoms with Gasteiger partial charge in [-0.05, 0) is 18.1 Å². The first-order valence-corrected chi connectivity index (χ1v) is 4.96. The number of alkyl halides is 3. The highest BCUT2D eigenvalue weighted by atomic mass is 19.4. The van der Waals surface area contributed by atoms with Crippen LogP contribution < -0.4 is 5.73 Å². The molecule has 0 aliphatic rings. The molecule has 1 aromatic carbocycles. The minimum Gasteiger partial charge on any atom is -0.386 e. The van der Waals surface area contributed by atoms with Crippen LogP contribution in [0, 0.1) is 5.41 Å². The number of nitrogens with one attached hydrogen (secondary N) is 1. The Morgan fingerprint density at radius 3 is 2.65 bits per heavy atom. The summed E-state index contributed by atoms with van der Waals surface area (Å²) >= 11 is 0. The van der Waals surface area contributed by atoms with Crippen LogP contribution in [0.25, 0.3) is 0 Å². The Kier molecular flexibility index (Phi) is 4.51. The largest absolute Gasteiger partial charge is 0.416 e. The molecular formula is C11H13F3N2O. The molecule has 0 amide bonds. The molecule has 0 saturated heterocycles. The lowest BCUT2D eigenvalue weighted by molar-refractivity contribution is -0.137. The summed E-state index contributed by atoms with van der Waals surface area (Å²) in [5.74, 6) is -0.103. The molecule has 0 heterocycles. The Morgan fingerprint density at radius 1 is 1.35 bits per heavy atom. The van der Waals surface area contributed by atoms with E-state index in [9.17, 15) is 13.2 Å². The predicted octanol–water partition coefficient (Wildman–Crippen LogP) is 2.20. The molecule has 3 nitrogen and oxygen atoms in total. The van der Waals surface area contributed by atoms with E-state index in [1.807, 2.05) is 0 Å². The molecule has 0 spiro atoms. The van der Waals surface area contributed by atoms with Gasteiger partial charge >= 0.3 is 6.18 Å². The second-order valence-corrected chi connectivity index (χ2v) is 3.53. The molecular weight excluding hydrogens is 233 g/mol. The average Bonchev–Trinajstić information content (AvgIpc) is 2.23. The zero-order valence-electron chi connectivity index (χ0n) is 9.05. The molecule has 17 heavy (non-hydrogen) atoms. The van der Waals surface area contributed by atoms with Gasteiger partial charge in [-0.1, -0.05) is 18.2 Å². The third-order valence-corrected chi connectivity index (χ3v) is 2.05. The summed E-state index contributed by atoms with van der Waals surface area (Å²) in [6.45, 7) is 0.236. The lowest BCUT2D eigenvalue weighted by atomic mass is 10.1. The topological polar surface area (TPSA) is 59.1 Å². The molecule has 1 aromatic rings. The number of amidine groups is 1. The van der Waals surface area contributed by atoms with Gasteiger partial charge in [0, 0.05) is 0 Å². The van der Waals surface area contributed by atoms with Gasteiger partial charge in [0.05, 0.1) is 12.2 Å². The Bertz CT molecular complexity index is 391. The van der Waals surface area contributed by atoms with E-state index in [4.69, 9.17) is 15.9 Å². The zero-order chi connectivity index (χ0) is 12.9.